The number of nitrogens with zero attached hydrogens (tertiary/aromatic N) is 2. The van der Waals surface area contributed by atoms with Crippen LogP contribution >= 0.6 is 0 Å². The molecule has 0 radical (unpaired) electrons. The van der Waals surface area contributed by atoms with Gasteiger partial charge in [-0.1, -0.05) is 80.6 Å². The van der Waals surface area contributed by atoms with Gasteiger partial charge < -0.3 is 14.5 Å². The minimum absolute atomic E-state index is 0.0323. The monoisotopic (exact) mass is 570 g/mol. The molecule has 0 bridgehead atoms. The van der Waals surface area contributed by atoms with Gasteiger partial charge in [-0.15, -0.1) is 0 Å². The van der Waals surface area contributed by atoms with Crippen molar-refractivity contribution in [3.8, 4) is 22.6 Å². The fourth-order valence-corrected chi connectivity index (χ4v) is 8.46. The molecule has 210 valence electrons. The van der Waals surface area contributed by atoms with Crippen LogP contribution in [0.2, 0.25) is 0 Å². The minimum Gasteiger partial charge on any atom is -0.453 e. The molecule has 1 aliphatic carbocycles. The van der Waals surface area contributed by atoms with Crippen molar-refractivity contribution in [2.75, 3.05) is 9.80 Å². The van der Waals surface area contributed by atoms with Crippen LogP contribution in [0.5, 0.6) is 11.5 Å². The first-order valence-electron chi connectivity index (χ1n) is 15.5. The number of halogens is 1. The van der Waals surface area contributed by atoms with Gasteiger partial charge in [0.15, 0.2) is 11.5 Å². The highest BCUT2D eigenvalue weighted by Crippen LogP contribution is 2.56. The lowest BCUT2D eigenvalue weighted by Gasteiger charge is -2.51. The first-order chi connectivity index (χ1) is 21.5. The minimum atomic E-state index is -0.231. The lowest BCUT2D eigenvalue weighted by Crippen LogP contribution is -2.63. The normalized spacial score (nSPS) is 17.3. The molecule has 0 spiro atoms. The Hall–Kier alpha value is -5.03. The van der Waals surface area contributed by atoms with Gasteiger partial charge in [-0.25, -0.2) is 4.39 Å². The molecule has 0 fully saturated rings. The van der Waals surface area contributed by atoms with Crippen LogP contribution in [0.1, 0.15) is 32.3 Å². The van der Waals surface area contributed by atoms with E-state index in [0.717, 1.165) is 52.5 Å². The quantitative estimate of drug-likeness (QED) is 0.185. The van der Waals surface area contributed by atoms with Gasteiger partial charge >= 0.3 is 0 Å². The number of hydrogen-bond donors (Lipinski definition) is 0. The molecule has 0 atom stereocenters. The molecule has 0 N–H and O–H groups in total. The van der Waals surface area contributed by atoms with Crippen LogP contribution in [0.4, 0.5) is 32.8 Å². The van der Waals surface area contributed by atoms with E-state index >= 15 is 0 Å². The summed E-state index contributed by atoms with van der Waals surface area (Å²) in [6, 6.07) is 33.2. The molecule has 0 aromatic heterocycles. The van der Waals surface area contributed by atoms with Crippen molar-refractivity contribution in [3.05, 3.63) is 132 Å². The highest BCUT2D eigenvalue weighted by atomic mass is 19.1. The number of hydrogen-bond acceptors (Lipinski definition) is 3. The second kappa shape index (κ2) is 8.32. The Labute approximate surface area is 256 Å². The molecule has 0 saturated heterocycles. The molecule has 5 aliphatic rings. The summed E-state index contributed by atoms with van der Waals surface area (Å²) in [6.07, 6.45) is 6.67. The predicted octanol–water partition coefficient (Wildman–Crippen LogP) is 8.24. The van der Waals surface area contributed by atoms with Gasteiger partial charge in [-0.3, -0.25) is 0 Å². The molecule has 5 aromatic rings. The van der Waals surface area contributed by atoms with E-state index < -0.39 is 0 Å². The summed E-state index contributed by atoms with van der Waals surface area (Å²) < 4.78 is 21.3. The highest BCUT2D eigenvalue weighted by molar-refractivity contribution is 7.00. The zero-order valence-electron chi connectivity index (χ0n) is 24.6. The van der Waals surface area contributed by atoms with Crippen LogP contribution in [0, 0.1) is 5.82 Å². The molecule has 10 rings (SSSR count). The molecule has 0 amide bonds. The standard InChI is InChI=1S/C39H28BFN2O/c1-39(2)26-12-3-4-16-30(26)42-32-21-24(23-10-7-11-25(41)20-23)22-33-36(32)40(28-14-8-13-27(39)37(28)42)29-15-9-19-35-38(29)43(33)31-17-5-6-18-34(31)44-35/h3,5-15,17-22H,4,16H2,1-2H3. The summed E-state index contributed by atoms with van der Waals surface area (Å²) in [5.41, 5.74) is 15.4. The second-order valence-electron chi connectivity index (χ2n) is 13.0. The third-order valence-corrected chi connectivity index (χ3v) is 10.3. The number of allylic oxidation sites excluding steroid dienone is 4. The van der Waals surface area contributed by atoms with E-state index in [4.69, 9.17) is 4.74 Å². The van der Waals surface area contributed by atoms with E-state index in [-0.39, 0.29) is 17.9 Å². The summed E-state index contributed by atoms with van der Waals surface area (Å²) in [4.78, 5) is 4.95. The first kappa shape index (κ1) is 24.4. The topological polar surface area (TPSA) is 15.7 Å². The number of rotatable bonds is 1. The summed E-state index contributed by atoms with van der Waals surface area (Å²) >= 11 is 0. The average Bonchev–Trinajstić information content (AvgIpc) is 3.05. The Bertz CT molecular complexity index is 2180. The lowest BCUT2D eigenvalue weighted by atomic mass is 9.33. The van der Waals surface area contributed by atoms with Gasteiger partial charge in [0, 0.05) is 28.2 Å². The number of anilines is 5. The van der Waals surface area contributed by atoms with Gasteiger partial charge in [0.25, 0.3) is 6.71 Å². The Morgan fingerprint density at radius 3 is 2.34 bits per heavy atom. The molecule has 4 aliphatic heterocycles. The van der Waals surface area contributed by atoms with Crippen molar-refractivity contribution >= 4 is 51.5 Å². The zero-order chi connectivity index (χ0) is 29.3. The van der Waals surface area contributed by atoms with E-state index in [1.165, 1.54) is 50.7 Å². The fourth-order valence-electron chi connectivity index (χ4n) is 8.46. The van der Waals surface area contributed by atoms with Crippen molar-refractivity contribution in [2.24, 2.45) is 0 Å². The summed E-state index contributed by atoms with van der Waals surface area (Å²) in [6.45, 7) is 4.77. The number of ether oxygens (including phenoxy) is 1. The molecule has 5 heteroatoms. The highest BCUT2D eigenvalue weighted by Gasteiger charge is 2.50. The Morgan fingerprint density at radius 1 is 0.727 bits per heavy atom. The van der Waals surface area contributed by atoms with E-state index in [1.54, 1.807) is 12.1 Å². The van der Waals surface area contributed by atoms with Gasteiger partial charge in [0.1, 0.15) is 5.82 Å². The first-order valence-corrected chi connectivity index (χ1v) is 15.5. The van der Waals surface area contributed by atoms with E-state index in [2.05, 4.69) is 96.5 Å². The van der Waals surface area contributed by atoms with Gasteiger partial charge in [-0.05, 0) is 94.0 Å². The Morgan fingerprint density at radius 2 is 1.48 bits per heavy atom. The largest absolute Gasteiger partial charge is 0.453 e. The molecule has 44 heavy (non-hydrogen) atoms. The molecular formula is C39H28BFN2O. The van der Waals surface area contributed by atoms with Crippen molar-refractivity contribution < 1.29 is 9.13 Å². The van der Waals surface area contributed by atoms with Crippen molar-refractivity contribution in [3.63, 3.8) is 0 Å². The number of fused-ring (bicyclic) bond motifs is 7. The van der Waals surface area contributed by atoms with Crippen LogP contribution < -0.4 is 30.9 Å². The van der Waals surface area contributed by atoms with Gasteiger partial charge in [0.2, 0.25) is 0 Å². The molecular weight excluding hydrogens is 542 g/mol. The zero-order valence-corrected chi connectivity index (χ0v) is 24.6. The maximum absolute atomic E-state index is 14.7. The predicted molar refractivity (Wildman–Crippen MR) is 178 cm³/mol. The van der Waals surface area contributed by atoms with Gasteiger partial charge in [-0.2, -0.15) is 0 Å². The average molecular weight is 570 g/mol. The SMILES string of the molecule is CC1(C)C2=C(CCC=C2)N2c3cc(-c4cccc(F)c4)cc4c3B(c3cccc1c32)c1cccc2c1N4c1ccccc1O2. The Kier molecular flexibility index (Phi) is 4.62. The fraction of sp³-hybridized carbons (Fsp3) is 0.128. The van der Waals surface area contributed by atoms with Crippen LogP contribution in [0.3, 0.4) is 0 Å². The summed E-state index contributed by atoms with van der Waals surface area (Å²) in [5, 5.41) is 0. The van der Waals surface area contributed by atoms with E-state index in [9.17, 15) is 4.39 Å². The molecule has 4 heterocycles. The molecule has 0 unspecified atom stereocenters. The van der Waals surface area contributed by atoms with Crippen LogP contribution in [-0.2, 0) is 5.41 Å². The Balaban J connectivity index is 1.37. The summed E-state index contributed by atoms with van der Waals surface area (Å²) in [7, 11) is 0. The van der Waals surface area contributed by atoms with Crippen LogP contribution in [-0.4, -0.2) is 6.71 Å². The van der Waals surface area contributed by atoms with Crippen molar-refractivity contribution in [2.45, 2.75) is 32.1 Å². The third kappa shape index (κ3) is 2.97. The second-order valence-corrected chi connectivity index (χ2v) is 13.0. The number of benzene rings is 5. The molecule has 5 aromatic carbocycles. The molecule has 0 saturated carbocycles. The van der Waals surface area contributed by atoms with E-state index in [1.807, 2.05) is 18.2 Å². The lowest BCUT2D eigenvalue weighted by molar-refractivity contribution is 0.477. The maximum Gasteiger partial charge on any atom is 0.252 e. The van der Waals surface area contributed by atoms with E-state index in [0.29, 0.717) is 0 Å². The smallest absolute Gasteiger partial charge is 0.252 e. The maximum atomic E-state index is 14.7. The van der Waals surface area contributed by atoms with Crippen LogP contribution in [0.15, 0.2) is 120 Å². The number of para-hydroxylation sites is 4. The molecule has 3 nitrogen and oxygen atoms in total. The third-order valence-electron chi connectivity index (χ3n) is 10.3. The van der Waals surface area contributed by atoms with Crippen molar-refractivity contribution in [1.82, 2.24) is 0 Å². The van der Waals surface area contributed by atoms with Crippen LogP contribution in [0.25, 0.3) is 11.1 Å². The summed E-state index contributed by atoms with van der Waals surface area (Å²) in [5.74, 6) is 1.46. The van der Waals surface area contributed by atoms with Crippen molar-refractivity contribution in [1.29, 1.82) is 0 Å². The van der Waals surface area contributed by atoms with Gasteiger partial charge in [0.05, 0.1) is 11.4 Å².